The minimum absolute atomic E-state index is 0.0333. The van der Waals surface area contributed by atoms with Crippen LogP contribution < -0.4 is 10.9 Å². The van der Waals surface area contributed by atoms with Crippen LogP contribution >= 0.6 is 0 Å². The van der Waals surface area contributed by atoms with Crippen LogP contribution in [0.4, 0.5) is 0 Å². The van der Waals surface area contributed by atoms with Crippen molar-refractivity contribution >= 4 is 11.9 Å². The van der Waals surface area contributed by atoms with Crippen LogP contribution in [0.3, 0.4) is 0 Å². The molecule has 0 aliphatic rings. The highest BCUT2D eigenvalue weighted by Crippen LogP contribution is 2.03. The number of nitrogens with zero attached hydrogens (tertiary/aromatic N) is 1. The summed E-state index contributed by atoms with van der Waals surface area (Å²) in [4.78, 5) is 35.3. The molecule has 0 saturated carbocycles. The second-order valence-corrected chi connectivity index (χ2v) is 5.65. The van der Waals surface area contributed by atoms with Crippen molar-refractivity contribution in [3.05, 3.63) is 70.1 Å². The van der Waals surface area contributed by atoms with Gasteiger partial charge < -0.3 is 15.0 Å². The van der Waals surface area contributed by atoms with Gasteiger partial charge in [0.1, 0.15) is 5.56 Å². The second kappa shape index (κ2) is 8.10. The first-order chi connectivity index (χ1) is 11.5. The molecular formula is C18H20N2O4. The van der Waals surface area contributed by atoms with Gasteiger partial charge in [0, 0.05) is 18.7 Å². The number of carboxylic acid groups (broad SMARTS) is 1. The van der Waals surface area contributed by atoms with E-state index in [2.05, 4.69) is 5.32 Å². The lowest BCUT2D eigenvalue weighted by atomic mass is 10.1. The third-order valence-corrected chi connectivity index (χ3v) is 3.63. The quantitative estimate of drug-likeness (QED) is 0.812. The summed E-state index contributed by atoms with van der Waals surface area (Å²) in [7, 11) is 0. The molecule has 2 rings (SSSR count). The number of rotatable bonds is 7. The number of carboxylic acids is 1. The van der Waals surface area contributed by atoms with E-state index in [1.165, 1.54) is 10.6 Å². The first-order valence-corrected chi connectivity index (χ1v) is 7.73. The number of amides is 1. The van der Waals surface area contributed by atoms with Crippen LogP contribution in [0.1, 0.15) is 35.7 Å². The van der Waals surface area contributed by atoms with Crippen LogP contribution in [0.15, 0.2) is 53.5 Å². The van der Waals surface area contributed by atoms with Gasteiger partial charge in [-0.05, 0) is 31.0 Å². The Kier molecular flexibility index (Phi) is 5.89. The van der Waals surface area contributed by atoms with E-state index in [1.807, 2.05) is 30.3 Å². The van der Waals surface area contributed by atoms with Crippen molar-refractivity contribution in [1.29, 1.82) is 0 Å². The van der Waals surface area contributed by atoms with Crippen LogP contribution in [0.25, 0.3) is 0 Å². The van der Waals surface area contributed by atoms with Gasteiger partial charge >= 0.3 is 5.97 Å². The molecule has 1 aromatic carbocycles. The normalized spacial score (nSPS) is 11.7. The molecule has 0 radical (unpaired) electrons. The molecule has 0 aliphatic heterocycles. The number of pyridine rings is 1. The molecule has 6 heteroatoms. The summed E-state index contributed by atoms with van der Waals surface area (Å²) in [5.74, 6) is -1.40. The summed E-state index contributed by atoms with van der Waals surface area (Å²) in [6.45, 7) is 2.10. The molecule has 0 fully saturated rings. The van der Waals surface area contributed by atoms with Crippen LogP contribution in [0.2, 0.25) is 0 Å². The van der Waals surface area contributed by atoms with E-state index in [9.17, 15) is 14.4 Å². The Morgan fingerprint density at radius 1 is 1.17 bits per heavy atom. The Balaban J connectivity index is 2.10. The summed E-state index contributed by atoms with van der Waals surface area (Å²) < 4.78 is 1.48. The number of carbonyl (C=O) groups is 2. The third kappa shape index (κ3) is 4.81. The third-order valence-electron chi connectivity index (χ3n) is 3.63. The topological polar surface area (TPSA) is 88.4 Å². The summed E-state index contributed by atoms with van der Waals surface area (Å²) in [5, 5.41) is 11.3. The Morgan fingerprint density at radius 2 is 1.88 bits per heavy atom. The molecule has 2 N–H and O–H groups in total. The fourth-order valence-electron chi connectivity index (χ4n) is 2.33. The van der Waals surface area contributed by atoms with Crippen molar-refractivity contribution in [1.82, 2.24) is 9.88 Å². The summed E-state index contributed by atoms with van der Waals surface area (Å²) >= 11 is 0. The van der Waals surface area contributed by atoms with E-state index in [0.717, 1.165) is 5.56 Å². The van der Waals surface area contributed by atoms with Crippen molar-refractivity contribution in [2.75, 3.05) is 0 Å². The molecule has 0 aliphatic carbocycles. The molecule has 1 aromatic heterocycles. The monoisotopic (exact) mass is 328 g/mol. The maximum atomic E-state index is 12.5. The van der Waals surface area contributed by atoms with Gasteiger partial charge in [-0.25, -0.2) is 0 Å². The van der Waals surface area contributed by atoms with Gasteiger partial charge in [-0.15, -0.1) is 0 Å². The molecule has 0 saturated heterocycles. The number of hydrogen-bond donors (Lipinski definition) is 2. The van der Waals surface area contributed by atoms with E-state index >= 15 is 0 Å². The fourth-order valence-corrected chi connectivity index (χ4v) is 2.33. The van der Waals surface area contributed by atoms with Crippen molar-refractivity contribution in [3.63, 3.8) is 0 Å². The fraction of sp³-hybridized carbons (Fsp3) is 0.278. The zero-order chi connectivity index (χ0) is 17.5. The van der Waals surface area contributed by atoms with Crippen molar-refractivity contribution < 1.29 is 14.7 Å². The second-order valence-electron chi connectivity index (χ2n) is 5.65. The maximum absolute atomic E-state index is 12.5. The molecule has 6 nitrogen and oxygen atoms in total. The average Bonchev–Trinajstić information content (AvgIpc) is 2.56. The average molecular weight is 328 g/mol. The van der Waals surface area contributed by atoms with Gasteiger partial charge in [-0.1, -0.05) is 30.3 Å². The zero-order valence-electron chi connectivity index (χ0n) is 13.4. The predicted molar refractivity (Wildman–Crippen MR) is 90.0 cm³/mol. The Morgan fingerprint density at radius 3 is 2.54 bits per heavy atom. The first-order valence-electron chi connectivity index (χ1n) is 7.73. The lowest BCUT2D eigenvalue weighted by Crippen LogP contribution is -2.37. The van der Waals surface area contributed by atoms with Crippen LogP contribution in [0.5, 0.6) is 0 Å². The highest BCUT2D eigenvalue weighted by molar-refractivity contribution is 5.94. The summed E-state index contributed by atoms with van der Waals surface area (Å²) in [5.41, 5.74) is 0.645. The van der Waals surface area contributed by atoms with Gasteiger partial charge in [-0.2, -0.15) is 0 Å². The standard InChI is InChI=1S/C18H20N2O4/c1-13(9-10-16(21)22)19-17(23)15-8-5-11-20(18(15)24)12-14-6-3-2-4-7-14/h2-8,11,13H,9-10,12H2,1H3,(H,19,23)(H,21,22)/t13-/m1/s1. The Labute approximate surface area is 139 Å². The van der Waals surface area contributed by atoms with Gasteiger partial charge in [0.25, 0.3) is 11.5 Å². The molecule has 126 valence electrons. The minimum Gasteiger partial charge on any atom is -0.481 e. The Bertz CT molecular complexity index is 768. The van der Waals surface area contributed by atoms with E-state index in [0.29, 0.717) is 13.0 Å². The lowest BCUT2D eigenvalue weighted by molar-refractivity contribution is -0.137. The maximum Gasteiger partial charge on any atom is 0.303 e. The van der Waals surface area contributed by atoms with E-state index < -0.39 is 11.9 Å². The van der Waals surface area contributed by atoms with Crippen molar-refractivity contribution in [2.45, 2.75) is 32.4 Å². The Hall–Kier alpha value is -2.89. The molecule has 0 bridgehead atoms. The predicted octanol–water partition coefficient (Wildman–Crippen LogP) is 1.88. The highest BCUT2D eigenvalue weighted by atomic mass is 16.4. The highest BCUT2D eigenvalue weighted by Gasteiger charge is 2.15. The SMILES string of the molecule is C[C@H](CCC(=O)O)NC(=O)c1cccn(Cc2ccccc2)c1=O. The minimum atomic E-state index is -0.916. The van der Waals surface area contributed by atoms with Gasteiger partial charge in [0.15, 0.2) is 0 Å². The van der Waals surface area contributed by atoms with Crippen molar-refractivity contribution in [2.24, 2.45) is 0 Å². The van der Waals surface area contributed by atoms with Crippen LogP contribution in [-0.2, 0) is 11.3 Å². The lowest BCUT2D eigenvalue weighted by Gasteiger charge is -2.13. The molecular weight excluding hydrogens is 308 g/mol. The van der Waals surface area contributed by atoms with Gasteiger partial charge in [0.05, 0.1) is 6.54 Å². The number of aliphatic carboxylic acids is 1. The molecule has 0 unspecified atom stereocenters. The van der Waals surface area contributed by atoms with Gasteiger partial charge in [0.2, 0.25) is 0 Å². The van der Waals surface area contributed by atoms with E-state index in [4.69, 9.17) is 5.11 Å². The van der Waals surface area contributed by atoms with Crippen molar-refractivity contribution in [3.8, 4) is 0 Å². The van der Waals surface area contributed by atoms with Crippen LogP contribution in [0, 0.1) is 0 Å². The molecule has 24 heavy (non-hydrogen) atoms. The number of benzene rings is 1. The largest absolute Gasteiger partial charge is 0.481 e. The number of nitrogens with one attached hydrogen (secondary N) is 1. The molecule has 1 amide bonds. The molecule has 1 atom stereocenters. The first kappa shape index (κ1) is 17.5. The van der Waals surface area contributed by atoms with E-state index in [1.54, 1.807) is 19.2 Å². The van der Waals surface area contributed by atoms with Gasteiger partial charge in [-0.3, -0.25) is 14.4 Å². The summed E-state index contributed by atoms with van der Waals surface area (Å²) in [6, 6.07) is 12.3. The smallest absolute Gasteiger partial charge is 0.303 e. The van der Waals surface area contributed by atoms with E-state index in [-0.39, 0.29) is 23.6 Å². The summed E-state index contributed by atoms with van der Waals surface area (Å²) in [6.07, 6.45) is 1.92. The molecule has 2 aromatic rings. The number of aromatic nitrogens is 1. The number of carbonyl (C=O) groups excluding carboxylic acids is 1. The van der Waals surface area contributed by atoms with Crippen LogP contribution in [-0.4, -0.2) is 27.6 Å². The molecule has 1 heterocycles. The number of hydrogen-bond acceptors (Lipinski definition) is 3. The molecule has 0 spiro atoms. The zero-order valence-corrected chi connectivity index (χ0v) is 13.4.